The van der Waals surface area contributed by atoms with Gasteiger partial charge in [-0.3, -0.25) is 9.10 Å². The number of carbonyl (C=O) groups excluding carboxylic acids is 1. The van der Waals surface area contributed by atoms with Crippen molar-refractivity contribution in [1.29, 1.82) is 0 Å². The van der Waals surface area contributed by atoms with Crippen molar-refractivity contribution in [3.8, 4) is 5.75 Å². The fourth-order valence-corrected chi connectivity index (χ4v) is 5.82. The van der Waals surface area contributed by atoms with Crippen molar-refractivity contribution >= 4 is 44.8 Å². The highest BCUT2D eigenvalue weighted by atomic mass is 35.5. The quantitative estimate of drug-likeness (QED) is 0.365. The Labute approximate surface area is 216 Å². The number of hydrogen-bond donors (Lipinski definition) is 1. The van der Waals surface area contributed by atoms with Gasteiger partial charge in [0, 0.05) is 16.1 Å². The van der Waals surface area contributed by atoms with Gasteiger partial charge in [0.25, 0.3) is 10.0 Å². The Morgan fingerprint density at radius 3 is 2.31 bits per heavy atom. The first-order valence-corrected chi connectivity index (χ1v) is 13.3. The molecule has 0 aliphatic carbocycles. The van der Waals surface area contributed by atoms with E-state index in [1.807, 2.05) is 37.3 Å². The molecule has 3 rings (SSSR count). The normalized spacial score (nSPS) is 12.1. The number of anilines is 1. The highest BCUT2D eigenvalue weighted by molar-refractivity contribution is 7.93. The summed E-state index contributed by atoms with van der Waals surface area (Å²) < 4.78 is 33.9. The number of hydrogen-bond acceptors (Lipinski definition) is 4. The first-order valence-electron chi connectivity index (χ1n) is 11.1. The third kappa shape index (κ3) is 7.13. The zero-order valence-electron chi connectivity index (χ0n) is 19.8. The fraction of sp³-hybridized carbons (Fsp3) is 0.269. The number of halogens is 2. The molecule has 9 heteroatoms. The summed E-state index contributed by atoms with van der Waals surface area (Å²) in [6, 6.07) is 19.0. The Kier molecular flexibility index (Phi) is 9.05. The third-order valence-electron chi connectivity index (χ3n) is 5.43. The molecule has 1 atom stereocenters. The Morgan fingerprint density at radius 1 is 1.03 bits per heavy atom. The average molecular weight is 535 g/mol. The highest BCUT2D eigenvalue weighted by Gasteiger charge is 2.31. The van der Waals surface area contributed by atoms with Gasteiger partial charge < -0.3 is 10.1 Å². The van der Waals surface area contributed by atoms with E-state index in [-0.39, 0.29) is 32.4 Å². The van der Waals surface area contributed by atoms with Crippen LogP contribution < -0.4 is 14.4 Å². The van der Waals surface area contributed by atoms with Crippen LogP contribution in [-0.2, 0) is 21.2 Å². The molecule has 35 heavy (non-hydrogen) atoms. The van der Waals surface area contributed by atoms with Crippen molar-refractivity contribution < 1.29 is 17.9 Å². The molecule has 0 heterocycles. The van der Waals surface area contributed by atoms with E-state index in [0.29, 0.717) is 6.42 Å². The van der Waals surface area contributed by atoms with Crippen molar-refractivity contribution in [3.05, 3.63) is 87.9 Å². The highest BCUT2D eigenvalue weighted by Crippen LogP contribution is 2.33. The maximum atomic E-state index is 13.8. The lowest BCUT2D eigenvalue weighted by atomic mass is 10.1. The molecule has 0 radical (unpaired) electrons. The lowest BCUT2D eigenvalue weighted by molar-refractivity contribution is -0.120. The second-order valence-electron chi connectivity index (χ2n) is 8.29. The Hall–Kier alpha value is -2.74. The van der Waals surface area contributed by atoms with Crippen LogP contribution in [0.15, 0.2) is 71.6 Å². The number of sulfonamides is 1. The largest absolute Gasteiger partial charge is 0.495 e. The zero-order chi connectivity index (χ0) is 25.6. The number of rotatable bonds is 10. The predicted molar refractivity (Wildman–Crippen MR) is 141 cm³/mol. The van der Waals surface area contributed by atoms with Gasteiger partial charge in [-0.05, 0) is 68.1 Å². The molecular formula is C26H28Cl2N2O4S. The zero-order valence-corrected chi connectivity index (χ0v) is 22.1. The number of nitrogens with zero attached hydrogens (tertiary/aromatic N) is 1. The van der Waals surface area contributed by atoms with E-state index >= 15 is 0 Å². The summed E-state index contributed by atoms with van der Waals surface area (Å²) in [5, 5.41) is 3.40. The lowest BCUT2D eigenvalue weighted by Gasteiger charge is -2.26. The molecule has 3 aromatic rings. The second kappa shape index (κ2) is 11.8. The van der Waals surface area contributed by atoms with Gasteiger partial charge in [-0.1, -0.05) is 59.6 Å². The van der Waals surface area contributed by atoms with Crippen LogP contribution in [-0.4, -0.2) is 34.0 Å². The second-order valence-corrected chi connectivity index (χ2v) is 11.0. The summed E-state index contributed by atoms with van der Waals surface area (Å²) in [6.45, 7) is 3.21. The Balaban J connectivity index is 1.88. The minimum absolute atomic E-state index is 0.0546. The molecule has 0 aliphatic rings. The van der Waals surface area contributed by atoms with Crippen molar-refractivity contribution in [3.63, 3.8) is 0 Å². The van der Waals surface area contributed by atoms with Gasteiger partial charge in [0.1, 0.15) is 17.2 Å². The van der Waals surface area contributed by atoms with Gasteiger partial charge >= 0.3 is 0 Å². The number of nitrogens with one attached hydrogen (secondary N) is 1. The molecule has 0 bridgehead atoms. The van der Waals surface area contributed by atoms with E-state index < -0.39 is 22.5 Å². The van der Waals surface area contributed by atoms with E-state index in [2.05, 4.69) is 5.32 Å². The van der Waals surface area contributed by atoms with Gasteiger partial charge in [0.05, 0.1) is 12.8 Å². The van der Waals surface area contributed by atoms with Crippen LogP contribution in [0.4, 0.5) is 5.69 Å². The van der Waals surface area contributed by atoms with Crippen LogP contribution in [0.3, 0.4) is 0 Å². The van der Waals surface area contributed by atoms with Crippen LogP contribution in [0, 0.1) is 6.92 Å². The molecule has 0 unspecified atom stereocenters. The van der Waals surface area contributed by atoms with E-state index in [1.165, 1.54) is 31.4 Å². The SMILES string of the molecule is COc1ccc(C)cc1S(=O)(=O)N(CC(=O)N[C@H](C)CCc1ccccc1)c1cc(Cl)cc(Cl)c1. The first kappa shape index (κ1) is 26.9. The van der Waals surface area contributed by atoms with Gasteiger partial charge in [-0.2, -0.15) is 0 Å². The summed E-state index contributed by atoms with van der Waals surface area (Å²) in [5.41, 5.74) is 2.07. The van der Waals surface area contributed by atoms with E-state index in [0.717, 1.165) is 21.9 Å². The molecular weight excluding hydrogens is 507 g/mol. The van der Waals surface area contributed by atoms with Crippen LogP contribution in [0.25, 0.3) is 0 Å². The fourth-order valence-electron chi connectivity index (χ4n) is 3.65. The molecule has 1 N–H and O–H groups in total. The van der Waals surface area contributed by atoms with Crippen LogP contribution in [0.1, 0.15) is 24.5 Å². The summed E-state index contributed by atoms with van der Waals surface area (Å²) in [7, 11) is -2.81. The Bertz CT molecular complexity index is 1260. The first-order chi connectivity index (χ1) is 16.6. The van der Waals surface area contributed by atoms with Gasteiger partial charge in [-0.25, -0.2) is 8.42 Å². The topological polar surface area (TPSA) is 75.7 Å². The summed E-state index contributed by atoms with van der Waals surface area (Å²) in [4.78, 5) is 12.9. The van der Waals surface area contributed by atoms with Crippen molar-refractivity contribution in [2.45, 2.75) is 37.6 Å². The standard InChI is InChI=1S/C26H28Cl2N2O4S/c1-18-9-12-24(34-3)25(13-18)35(32,33)30(23-15-21(27)14-22(28)16-23)17-26(31)29-19(2)10-11-20-7-5-4-6-8-20/h4-9,12-16,19H,10-11,17H2,1-3H3,(H,29,31)/t19-/m1/s1. The van der Waals surface area contributed by atoms with Crippen LogP contribution >= 0.6 is 23.2 Å². The van der Waals surface area contributed by atoms with E-state index in [1.54, 1.807) is 19.1 Å². The molecule has 0 fully saturated rings. The van der Waals surface area contributed by atoms with Crippen LogP contribution in [0.5, 0.6) is 5.75 Å². The molecule has 0 spiro atoms. The van der Waals surface area contributed by atoms with Crippen molar-refractivity contribution in [2.75, 3.05) is 18.0 Å². The lowest BCUT2D eigenvalue weighted by Crippen LogP contribution is -2.43. The minimum atomic E-state index is -4.21. The van der Waals surface area contributed by atoms with Gasteiger partial charge in [0.2, 0.25) is 5.91 Å². The third-order valence-corrected chi connectivity index (χ3v) is 7.66. The molecule has 0 saturated heterocycles. The monoisotopic (exact) mass is 534 g/mol. The number of benzene rings is 3. The molecule has 0 saturated carbocycles. The number of carbonyl (C=O) groups is 1. The van der Waals surface area contributed by atoms with Gasteiger partial charge in [-0.15, -0.1) is 0 Å². The molecule has 186 valence electrons. The summed E-state index contributed by atoms with van der Waals surface area (Å²) in [6.07, 6.45) is 1.49. The molecule has 3 aromatic carbocycles. The number of aryl methyl sites for hydroxylation is 2. The molecule has 0 aliphatic heterocycles. The minimum Gasteiger partial charge on any atom is -0.495 e. The molecule has 6 nitrogen and oxygen atoms in total. The maximum Gasteiger partial charge on any atom is 0.268 e. The van der Waals surface area contributed by atoms with Crippen molar-refractivity contribution in [1.82, 2.24) is 5.32 Å². The Morgan fingerprint density at radius 2 is 1.69 bits per heavy atom. The average Bonchev–Trinajstić information content (AvgIpc) is 2.81. The molecule has 1 amide bonds. The molecule has 0 aromatic heterocycles. The van der Waals surface area contributed by atoms with Gasteiger partial charge in [0.15, 0.2) is 0 Å². The van der Waals surface area contributed by atoms with Crippen molar-refractivity contribution in [2.24, 2.45) is 0 Å². The van der Waals surface area contributed by atoms with Crippen LogP contribution in [0.2, 0.25) is 10.0 Å². The maximum absolute atomic E-state index is 13.8. The summed E-state index contributed by atoms with van der Waals surface area (Å²) >= 11 is 12.3. The smallest absolute Gasteiger partial charge is 0.268 e. The summed E-state index contributed by atoms with van der Waals surface area (Å²) in [5.74, 6) is -0.276. The van der Waals surface area contributed by atoms with E-state index in [9.17, 15) is 13.2 Å². The number of methoxy groups -OCH3 is 1. The number of amides is 1. The predicted octanol–water partition coefficient (Wildman–Crippen LogP) is 5.64. The van der Waals surface area contributed by atoms with E-state index in [4.69, 9.17) is 27.9 Å². The number of ether oxygens (including phenoxy) is 1.